The summed E-state index contributed by atoms with van der Waals surface area (Å²) in [4.78, 5) is 0. The lowest BCUT2D eigenvalue weighted by atomic mass is 10.1. The number of hydrogen-bond donors (Lipinski definition) is 0. The van der Waals surface area contributed by atoms with Crippen LogP contribution in [0.15, 0.2) is 0 Å². The highest BCUT2D eigenvalue weighted by atomic mass is 32.3. The van der Waals surface area contributed by atoms with E-state index in [0.29, 0.717) is 57.8 Å². The zero-order valence-electron chi connectivity index (χ0n) is 18.9. The van der Waals surface area contributed by atoms with Gasteiger partial charge < -0.3 is 0 Å². The highest BCUT2D eigenvalue weighted by Gasteiger charge is 2.86. The fraction of sp³-hybridized carbons (Fsp3) is 1.00. The maximum Gasteiger partial charge on any atom is 0.460 e. The van der Waals surface area contributed by atoms with Gasteiger partial charge in [0.05, 0.1) is 0 Å². The van der Waals surface area contributed by atoms with E-state index in [1.165, 1.54) is 0 Å². The molecule has 0 rings (SSSR count). The van der Waals surface area contributed by atoms with Gasteiger partial charge >= 0.3 is 33.4 Å². The summed E-state index contributed by atoms with van der Waals surface area (Å²) in [6.45, 7) is 5.41. The Morgan fingerprint density at radius 2 is 0.909 bits per heavy atom. The standard InChI is InChI=1S/C19H33F9O3S2/c1-4-7-10-13-32(14-11-8-5-2,15-12-9-6-3)31-33(29,30)19(27,28)17(22,23)16(20,21)18(24,25)26/h4-15H2,1-3H3. The number of alkyl halides is 9. The first-order chi connectivity index (χ1) is 14.9. The summed E-state index contributed by atoms with van der Waals surface area (Å²) in [6.07, 6.45) is -2.62. The molecule has 0 fully saturated rings. The third kappa shape index (κ3) is 7.81. The average Bonchev–Trinajstić information content (AvgIpc) is 2.67. The van der Waals surface area contributed by atoms with Crippen molar-refractivity contribution < 1.29 is 51.6 Å². The highest BCUT2D eigenvalue weighted by molar-refractivity contribution is 8.33. The van der Waals surface area contributed by atoms with Crippen molar-refractivity contribution in [3.05, 3.63) is 0 Å². The van der Waals surface area contributed by atoms with Crippen molar-refractivity contribution in [1.29, 1.82) is 0 Å². The second-order valence-electron chi connectivity index (χ2n) is 7.89. The molecular formula is C19H33F9O3S2. The Labute approximate surface area is 191 Å². The lowest BCUT2D eigenvalue weighted by molar-refractivity contribution is -0.382. The molecule has 33 heavy (non-hydrogen) atoms. The minimum absolute atomic E-state index is 0.0647. The Hall–Kier alpha value is -0.370. The molecule has 0 unspecified atom stereocenters. The Morgan fingerprint density at radius 3 is 1.18 bits per heavy atom. The first-order valence-corrected chi connectivity index (χ1v) is 14.3. The van der Waals surface area contributed by atoms with Gasteiger partial charge in [0.2, 0.25) is 0 Å². The lowest BCUT2D eigenvalue weighted by Crippen LogP contribution is -2.63. The van der Waals surface area contributed by atoms with Crippen molar-refractivity contribution >= 4 is 20.4 Å². The van der Waals surface area contributed by atoms with Gasteiger partial charge in [0.1, 0.15) is 0 Å². The van der Waals surface area contributed by atoms with E-state index in [1.807, 2.05) is 0 Å². The lowest BCUT2D eigenvalue weighted by Gasteiger charge is -2.41. The Kier molecular flexibility index (Phi) is 12.4. The van der Waals surface area contributed by atoms with Crippen molar-refractivity contribution in [2.75, 3.05) is 17.3 Å². The maximum absolute atomic E-state index is 14.3. The van der Waals surface area contributed by atoms with Gasteiger partial charge in [-0.1, -0.05) is 59.3 Å². The van der Waals surface area contributed by atoms with E-state index in [9.17, 15) is 47.9 Å². The van der Waals surface area contributed by atoms with Crippen LogP contribution in [0.3, 0.4) is 0 Å². The molecule has 0 radical (unpaired) electrons. The van der Waals surface area contributed by atoms with Gasteiger partial charge in [-0.05, 0) is 19.3 Å². The van der Waals surface area contributed by atoms with Crippen molar-refractivity contribution in [3.63, 3.8) is 0 Å². The molecule has 0 atom stereocenters. The summed E-state index contributed by atoms with van der Waals surface area (Å²) in [5.41, 5.74) is 0. The van der Waals surface area contributed by atoms with E-state index in [1.54, 1.807) is 20.8 Å². The molecular weight excluding hydrogens is 511 g/mol. The number of rotatable bonds is 17. The Bertz CT molecular complexity index is 654. The molecule has 0 amide bonds. The van der Waals surface area contributed by atoms with Crippen LogP contribution in [-0.4, -0.2) is 49.0 Å². The van der Waals surface area contributed by atoms with E-state index in [2.05, 4.69) is 3.63 Å². The third-order valence-corrected chi connectivity index (χ3v) is 10.9. The summed E-state index contributed by atoms with van der Waals surface area (Å²) in [7, 11) is -9.88. The van der Waals surface area contributed by atoms with Crippen LogP contribution in [0.2, 0.25) is 0 Å². The van der Waals surface area contributed by atoms with Gasteiger partial charge in [0.25, 0.3) is 0 Å². The van der Waals surface area contributed by atoms with Crippen molar-refractivity contribution in [2.24, 2.45) is 0 Å². The summed E-state index contributed by atoms with van der Waals surface area (Å²) >= 11 is 0. The predicted molar refractivity (Wildman–Crippen MR) is 112 cm³/mol. The van der Waals surface area contributed by atoms with Crippen LogP contribution < -0.4 is 0 Å². The van der Waals surface area contributed by atoms with E-state index in [-0.39, 0.29) is 17.3 Å². The molecule has 0 aliphatic carbocycles. The first kappa shape index (κ1) is 32.6. The molecule has 0 aromatic carbocycles. The molecule has 202 valence electrons. The minimum Gasteiger partial charge on any atom is -0.215 e. The van der Waals surface area contributed by atoms with Gasteiger partial charge in [-0.3, -0.25) is 0 Å². The van der Waals surface area contributed by atoms with Crippen LogP contribution in [0.1, 0.15) is 78.6 Å². The van der Waals surface area contributed by atoms with Crippen LogP contribution >= 0.6 is 10.3 Å². The second-order valence-corrected chi connectivity index (χ2v) is 13.0. The quantitative estimate of drug-likeness (QED) is 0.137. The topological polar surface area (TPSA) is 43.4 Å². The molecule has 0 aromatic heterocycles. The van der Waals surface area contributed by atoms with Gasteiger partial charge in [-0.25, -0.2) is 3.63 Å². The van der Waals surface area contributed by atoms with Crippen LogP contribution in [0.5, 0.6) is 0 Å². The Balaban J connectivity index is 6.32. The van der Waals surface area contributed by atoms with E-state index < -0.39 is 43.7 Å². The largest absolute Gasteiger partial charge is 0.460 e. The number of halogens is 9. The van der Waals surface area contributed by atoms with Gasteiger partial charge in [0.15, 0.2) is 0 Å². The van der Waals surface area contributed by atoms with Crippen LogP contribution in [0, 0.1) is 0 Å². The zero-order chi connectivity index (χ0) is 26.2. The second kappa shape index (κ2) is 12.5. The molecule has 0 heterocycles. The third-order valence-electron chi connectivity index (χ3n) is 5.02. The first-order valence-electron chi connectivity index (χ1n) is 10.8. The molecule has 0 N–H and O–H groups in total. The monoisotopic (exact) mass is 544 g/mol. The van der Waals surface area contributed by atoms with Gasteiger partial charge in [-0.15, -0.1) is 10.3 Å². The van der Waals surface area contributed by atoms with Crippen LogP contribution in [0.25, 0.3) is 0 Å². The molecule has 0 saturated heterocycles. The smallest absolute Gasteiger partial charge is 0.215 e. The van der Waals surface area contributed by atoms with Crippen molar-refractivity contribution in [1.82, 2.24) is 0 Å². The predicted octanol–water partition coefficient (Wildman–Crippen LogP) is 8.05. The summed E-state index contributed by atoms with van der Waals surface area (Å²) in [5, 5.41) is -6.81. The summed E-state index contributed by atoms with van der Waals surface area (Å²) < 4.78 is 149. The highest BCUT2D eigenvalue weighted by Crippen LogP contribution is 2.59. The van der Waals surface area contributed by atoms with E-state index in [4.69, 9.17) is 0 Å². The van der Waals surface area contributed by atoms with Crippen LogP contribution in [-0.2, 0) is 13.7 Å². The molecule has 3 nitrogen and oxygen atoms in total. The summed E-state index contributed by atoms with van der Waals surface area (Å²) in [5.74, 6) is -14.8. The molecule has 0 aliphatic heterocycles. The average molecular weight is 545 g/mol. The van der Waals surface area contributed by atoms with Crippen LogP contribution in [0.4, 0.5) is 39.5 Å². The molecule has 0 aromatic rings. The Morgan fingerprint density at radius 1 is 0.576 bits per heavy atom. The number of hydrogen-bond acceptors (Lipinski definition) is 3. The molecule has 0 spiro atoms. The normalized spacial score (nSPS) is 15.2. The number of unbranched alkanes of at least 4 members (excludes halogenated alkanes) is 6. The van der Waals surface area contributed by atoms with E-state index in [0.717, 1.165) is 0 Å². The van der Waals surface area contributed by atoms with Crippen molar-refractivity contribution in [3.8, 4) is 0 Å². The molecule has 0 saturated carbocycles. The SMILES string of the molecule is CCCCCS(CCCCC)(CCCCC)OS(=O)(=O)C(F)(F)C(F)(F)C(F)(F)C(F)(F)F. The fourth-order valence-electron chi connectivity index (χ4n) is 3.00. The minimum atomic E-state index is -7.30. The zero-order valence-corrected chi connectivity index (χ0v) is 20.6. The van der Waals surface area contributed by atoms with E-state index >= 15 is 0 Å². The molecule has 0 aliphatic rings. The maximum atomic E-state index is 14.3. The molecule has 14 heteroatoms. The summed E-state index contributed by atoms with van der Waals surface area (Å²) in [6, 6.07) is 0. The van der Waals surface area contributed by atoms with Crippen molar-refractivity contribution in [2.45, 2.75) is 102 Å². The molecule has 0 bridgehead atoms. The van der Waals surface area contributed by atoms with Gasteiger partial charge in [0, 0.05) is 17.3 Å². The van der Waals surface area contributed by atoms with Gasteiger partial charge in [-0.2, -0.15) is 47.9 Å². The fourth-order valence-corrected chi connectivity index (χ4v) is 8.93.